The topological polar surface area (TPSA) is 62.2 Å². The summed E-state index contributed by atoms with van der Waals surface area (Å²) in [7, 11) is 0. The molecule has 104 valence electrons. The molecule has 2 rings (SSSR count). The van der Waals surface area contributed by atoms with Crippen LogP contribution in [0, 0.1) is 13.8 Å². The van der Waals surface area contributed by atoms with Gasteiger partial charge in [-0.25, -0.2) is 9.78 Å². The van der Waals surface area contributed by atoms with Gasteiger partial charge in [-0.05, 0) is 38.0 Å². The normalized spacial score (nSPS) is 11.9. The first-order valence-corrected chi connectivity index (χ1v) is 6.52. The van der Waals surface area contributed by atoms with Crippen LogP contribution in [0.4, 0.5) is 5.82 Å². The molecule has 1 unspecified atom stereocenters. The molecular weight excluding hydrogens is 252 g/mol. The number of carboxylic acids is 1. The van der Waals surface area contributed by atoms with E-state index in [1.54, 1.807) is 13.0 Å². The van der Waals surface area contributed by atoms with Crippen LogP contribution in [0.15, 0.2) is 36.4 Å². The standard InChI is InChI=1S/C16H18N2O2/c1-10-9-11(2)17-15(14(10)16(19)20)18-12(3)13-7-5-4-6-8-13/h4-9,12H,1-3H3,(H,17,18)(H,19,20). The Balaban J connectivity index is 2.36. The quantitative estimate of drug-likeness (QED) is 0.891. The number of carbonyl (C=O) groups is 1. The van der Waals surface area contributed by atoms with Gasteiger partial charge in [-0.15, -0.1) is 0 Å². The largest absolute Gasteiger partial charge is 0.478 e. The number of pyridine rings is 1. The lowest BCUT2D eigenvalue weighted by Crippen LogP contribution is -2.14. The molecule has 0 amide bonds. The maximum atomic E-state index is 11.4. The molecule has 1 aromatic heterocycles. The number of aromatic carboxylic acids is 1. The average Bonchev–Trinajstić information content (AvgIpc) is 2.38. The summed E-state index contributed by atoms with van der Waals surface area (Å²) < 4.78 is 0. The predicted molar refractivity (Wildman–Crippen MR) is 79.2 cm³/mol. The summed E-state index contributed by atoms with van der Waals surface area (Å²) in [5.41, 5.74) is 2.84. The molecule has 0 fully saturated rings. The molecule has 4 nitrogen and oxygen atoms in total. The van der Waals surface area contributed by atoms with E-state index in [9.17, 15) is 9.90 Å². The van der Waals surface area contributed by atoms with E-state index in [0.29, 0.717) is 11.4 Å². The van der Waals surface area contributed by atoms with E-state index >= 15 is 0 Å². The fraction of sp³-hybridized carbons (Fsp3) is 0.250. The fourth-order valence-corrected chi connectivity index (χ4v) is 2.24. The van der Waals surface area contributed by atoms with E-state index in [2.05, 4.69) is 10.3 Å². The first kappa shape index (κ1) is 14.1. The summed E-state index contributed by atoms with van der Waals surface area (Å²) in [4.78, 5) is 15.7. The third-order valence-corrected chi connectivity index (χ3v) is 3.21. The number of nitrogens with zero attached hydrogens (tertiary/aromatic N) is 1. The van der Waals surface area contributed by atoms with E-state index in [-0.39, 0.29) is 11.6 Å². The van der Waals surface area contributed by atoms with Crippen LogP contribution < -0.4 is 5.32 Å². The highest BCUT2D eigenvalue weighted by Gasteiger charge is 2.17. The van der Waals surface area contributed by atoms with E-state index in [1.807, 2.05) is 44.2 Å². The second kappa shape index (κ2) is 5.74. The SMILES string of the molecule is Cc1cc(C)c(C(=O)O)c(NC(C)c2ccccc2)n1. The number of nitrogens with one attached hydrogen (secondary N) is 1. The molecule has 1 heterocycles. The van der Waals surface area contributed by atoms with Gasteiger partial charge in [0.05, 0.1) is 0 Å². The van der Waals surface area contributed by atoms with Gasteiger partial charge in [-0.1, -0.05) is 30.3 Å². The van der Waals surface area contributed by atoms with Crippen molar-refractivity contribution in [3.8, 4) is 0 Å². The molecule has 2 N–H and O–H groups in total. The zero-order valence-corrected chi connectivity index (χ0v) is 11.8. The smallest absolute Gasteiger partial charge is 0.339 e. The van der Waals surface area contributed by atoms with Crippen molar-refractivity contribution in [2.45, 2.75) is 26.8 Å². The van der Waals surface area contributed by atoms with Gasteiger partial charge in [-0.3, -0.25) is 0 Å². The number of anilines is 1. The molecule has 0 aliphatic carbocycles. The number of hydrogen-bond acceptors (Lipinski definition) is 3. The van der Waals surface area contributed by atoms with Crippen LogP contribution in [0.2, 0.25) is 0 Å². The molecule has 0 bridgehead atoms. The highest BCUT2D eigenvalue weighted by atomic mass is 16.4. The molecule has 0 spiro atoms. The van der Waals surface area contributed by atoms with Crippen molar-refractivity contribution < 1.29 is 9.90 Å². The van der Waals surface area contributed by atoms with Gasteiger partial charge in [-0.2, -0.15) is 0 Å². The summed E-state index contributed by atoms with van der Waals surface area (Å²) in [6.45, 7) is 5.63. The number of carboxylic acid groups (broad SMARTS) is 1. The van der Waals surface area contributed by atoms with E-state index in [4.69, 9.17) is 0 Å². The summed E-state index contributed by atoms with van der Waals surface area (Å²) in [6.07, 6.45) is 0. The van der Waals surface area contributed by atoms with E-state index in [1.165, 1.54) is 0 Å². The molecule has 0 saturated carbocycles. The van der Waals surface area contributed by atoms with Gasteiger partial charge < -0.3 is 10.4 Å². The molecule has 1 aromatic carbocycles. The summed E-state index contributed by atoms with van der Waals surface area (Å²) in [6, 6.07) is 11.6. The van der Waals surface area contributed by atoms with Crippen LogP contribution in [0.1, 0.15) is 40.1 Å². The lowest BCUT2D eigenvalue weighted by Gasteiger charge is -2.18. The minimum absolute atomic E-state index is 0.0111. The summed E-state index contributed by atoms with van der Waals surface area (Å²) in [5, 5.41) is 12.5. The minimum atomic E-state index is -0.960. The van der Waals surface area contributed by atoms with Gasteiger partial charge in [0.1, 0.15) is 11.4 Å². The van der Waals surface area contributed by atoms with Crippen molar-refractivity contribution in [1.82, 2.24) is 4.98 Å². The highest BCUT2D eigenvalue weighted by molar-refractivity contribution is 5.94. The molecule has 2 aromatic rings. The average molecular weight is 270 g/mol. The van der Waals surface area contributed by atoms with Gasteiger partial charge in [0.25, 0.3) is 0 Å². The molecule has 0 aliphatic heterocycles. The van der Waals surface area contributed by atoms with Gasteiger partial charge >= 0.3 is 5.97 Å². The maximum absolute atomic E-state index is 11.4. The zero-order chi connectivity index (χ0) is 14.7. The molecule has 4 heteroatoms. The monoisotopic (exact) mass is 270 g/mol. The highest BCUT2D eigenvalue weighted by Crippen LogP contribution is 2.23. The van der Waals surface area contributed by atoms with Crippen LogP contribution in [0.3, 0.4) is 0 Å². The molecule has 0 aliphatic rings. The lowest BCUT2D eigenvalue weighted by atomic mass is 10.1. The van der Waals surface area contributed by atoms with E-state index < -0.39 is 5.97 Å². The zero-order valence-electron chi connectivity index (χ0n) is 11.8. The van der Waals surface area contributed by atoms with Crippen molar-refractivity contribution in [3.05, 3.63) is 58.8 Å². The van der Waals surface area contributed by atoms with Crippen LogP contribution in [0.25, 0.3) is 0 Å². The molecule has 0 saturated heterocycles. The Hall–Kier alpha value is -2.36. The first-order valence-electron chi connectivity index (χ1n) is 6.52. The Bertz CT molecular complexity index is 624. The lowest BCUT2D eigenvalue weighted by molar-refractivity contribution is 0.0696. The van der Waals surface area contributed by atoms with Crippen LogP contribution in [-0.2, 0) is 0 Å². The van der Waals surface area contributed by atoms with Gasteiger partial charge in [0, 0.05) is 11.7 Å². The summed E-state index contributed by atoms with van der Waals surface area (Å²) in [5.74, 6) is -0.538. The second-order valence-electron chi connectivity index (χ2n) is 4.89. The van der Waals surface area contributed by atoms with Crippen molar-refractivity contribution in [2.24, 2.45) is 0 Å². The minimum Gasteiger partial charge on any atom is -0.478 e. The van der Waals surface area contributed by atoms with Crippen molar-refractivity contribution in [1.29, 1.82) is 0 Å². The predicted octanol–water partition coefficient (Wildman–Crippen LogP) is 3.57. The number of hydrogen-bond donors (Lipinski definition) is 2. The van der Waals surface area contributed by atoms with Crippen LogP contribution in [0.5, 0.6) is 0 Å². The number of benzene rings is 1. The van der Waals surface area contributed by atoms with Gasteiger partial charge in [0.15, 0.2) is 0 Å². The molecule has 0 radical (unpaired) electrons. The number of aromatic nitrogens is 1. The Morgan fingerprint density at radius 1 is 1.25 bits per heavy atom. The van der Waals surface area contributed by atoms with Crippen molar-refractivity contribution in [3.63, 3.8) is 0 Å². The maximum Gasteiger partial charge on any atom is 0.339 e. The fourth-order valence-electron chi connectivity index (χ4n) is 2.24. The Labute approximate surface area is 118 Å². The Morgan fingerprint density at radius 2 is 1.90 bits per heavy atom. The molecular formula is C16H18N2O2. The first-order chi connectivity index (χ1) is 9.49. The Kier molecular flexibility index (Phi) is 4.03. The molecule has 1 atom stereocenters. The van der Waals surface area contributed by atoms with Gasteiger partial charge in [0.2, 0.25) is 0 Å². The number of aryl methyl sites for hydroxylation is 2. The molecule has 20 heavy (non-hydrogen) atoms. The van der Waals surface area contributed by atoms with Crippen molar-refractivity contribution in [2.75, 3.05) is 5.32 Å². The third-order valence-electron chi connectivity index (χ3n) is 3.21. The van der Waals surface area contributed by atoms with E-state index in [0.717, 1.165) is 11.3 Å². The Morgan fingerprint density at radius 3 is 2.50 bits per heavy atom. The second-order valence-corrected chi connectivity index (χ2v) is 4.89. The van der Waals surface area contributed by atoms with Crippen LogP contribution >= 0.6 is 0 Å². The van der Waals surface area contributed by atoms with Crippen molar-refractivity contribution >= 4 is 11.8 Å². The third kappa shape index (κ3) is 2.96. The number of rotatable bonds is 4. The summed E-state index contributed by atoms with van der Waals surface area (Å²) >= 11 is 0. The van der Waals surface area contributed by atoms with Crippen LogP contribution in [-0.4, -0.2) is 16.1 Å².